The smallest absolute Gasteiger partial charge is 0.255 e. The topological polar surface area (TPSA) is 67.2 Å². The van der Waals surface area contributed by atoms with Gasteiger partial charge in [-0.2, -0.15) is 0 Å². The molecule has 0 saturated heterocycles. The van der Waals surface area contributed by atoms with Crippen LogP contribution in [0, 0.1) is 12.7 Å². The van der Waals surface area contributed by atoms with Gasteiger partial charge in [0.1, 0.15) is 5.82 Å². The number of amides is 1. The number of carbonyl (C=O) groups excluding carboxylic acids is 1. The molecule has 0 atom stereocenters. The van der Waals surface area contributed by atoms with Crippen molar-refractivity contribution in [2.24, 2.45) is 5.84 Å². The van der Waals surface area contributed by atoms with Crippen molar-refractivity contribution in [2.45, 2.75) is 6.92 Å². The minimum absolute atomic E-state index is 0.232. The summed E-state index contributed by atoms with van der Waals surface area (Å²) in [6, 6.07) is 8.77. The number of nitrogen functional groups attached to an aromatic ring is 1. The van der Waals surface area contributed by atoms with Crippen molar-refractivity contribution in [3.63, 3.8) is 0 Å². The van der Waals surface area contributed by atoms with Gasteiger partial charge in [0.15, 0.2) is 0 Å². The van der Waals surface area contributed by atoms with Crippen LogP contribution in [0.5, 0.6) is 0 Å². The third kappa shape index (κ3) is 3.07. The van der Waals surface area contributed by atoms with Gasteiger partial charge in [-0.05, 0) is 48.9 Å². The minimum atomic E-state index is -0.469. The normalized spacial score (nSPS) is 10.2. The third-order valence-corrected chi connectivity index (χ3v) is 3.15. The van der Waals surface area contributed by atoms with Crippen molar-refractivity contribution in [3.8, 4) is 0 Å². The first-order chi connectivity index (χ1) is 9.51. The van der Waals surface area contributed by atoms with E-state index in [1.54, 1.807) is 18.2 Å². The molecule has 0 radical (unpaired) electrons. The lowest BCUT2D eigenvalue weighted by Gasteiger charge is -2.10. The molecule has 4 nitrogen and oxygen atoms in total. The van der Waals surface area contributed by atoms with E-state index in [0.29, 0.717) is 5.56 Å². The summed E-state index contributed by atoms with van der Waals surface area (Å²) in [5, 5.41) is 2.84. The highest BCUT2D eigenvalue weighted by Gasteiger charge is 2.10. The summed E-state index contributed by atoms with van der Waals surface area (Å²) < 4.78 is 13.1. The summed E-state index contributed by atoms with van der Waals surface area (Å²) in [5.41, 5.74) is 4.74. The van der Waals surface area contributed by atoms with Crippen LogP contribution in [0.1, 0.15) is 15.9 Å². The monoisotopic (exact) mass is 293 g/mol. The lowest BCUT2D eigenvalue weighted by Crippen LogP contribution is -2.14. The van der Waals surface area contributed by atoms with Gasteiger partial charge in [0.25, 0.3) is 5.91 Å². The zero-order valence-electron chi connectivity index (χ0n) is 10.7. The van der Waals surface area contributed by atoms with Gasteiger partial charge in [-0.3, -0.25) is 10.6 Å². The molecular weight excluding hydrogens is 281 g/mol. The average Bonchev–Trinajstić information content (AvgIpc) is 2.42. The number of nitrogens with one attached hydrogen (secondary N) is 2. The quantitative estimate of drug-likeness (QED) is 0.601. The van der Waals surface area contributed by atoms with Crippen molar-refractivity contribution < 1.29 is 9.18 Å². The van der Waals surface area contributed by atoms with E-state index in [1.807, 2.05) is 6.92 Å². The zero-order valence-corrected chi connectivity index (χ0v) is 11.5. The van der Waals surface area contributed by atoms with Crippen LogP contribution in [0.25, 0.3) is 0 Å². The Morgan fingerprint density at radius 1 is 1.20 bits per heavy atom. The molecule has 4 N–H and O–H groups in total. The van der Waals surface area contributed by atoms with E-state index in [2.05, 4.69) is 10.7 Å². The van der Waals surface area contributed by atoms with E-state index in [-0.39, 0.29) is 16.6 Å². The van der Waals surface area contributed by atoms with E-state index < -0.39 is 5.82 Å². The second-order valence-corrected chi connectivity index (χ2v) is 4.66. The van der Waals surface area contributed by atoms with E-state index >= 15 is 0 Å². The Hall–Kier alpha value is -2.11. The van der Waals surface area contributed by atoms with Crippen LogP contribution < -0.4 is 16.6 Å². The highest BCUT2D eigenvalue weighted by molar-refractivity contribution is 6.33. The number of anilines is 2. The largest absolute Gasteiger partial charge is 0.324 e. The number of hydrogen-bond acceptors (Lipinski definition) is 3. The van der Waals surface area contributed by atoms with E-state index in [1.165, 1.54) is 18.2 Å². The molecule has 1 amide bonds. The molecule has 0 spiro atoms. The SMILES string of the molecule is Cc1cc(C(=O)Nc2cc(F)ccc2Cl)ccc1NN. The standard InChI is InChI=1S/C14H13ClFN3O/c1-8-6-9(2-5-12(8)19-17)14(20)18-13-7-10(16)3-4-11(13)15/h2-7,19H,17H2,1H3,(H,18,20). The van der Waals surface area contributed by atoms with Crippen LogP contribution in [0.15, 0.2) is 36.4 Å². The van der Waals surface area contributed by atoms with Gasteiger partial charge < -0.3 is 10.7 Å². The molecular formula is C14H13ClFN3O. The minimum Gasteiger partial charge on any atom is -0.324 e. The molecule has 2 aromatic rings. The second kappa shape index (κ2) is 5.90. The van der Waals surface area contributed by atoms with Gasteiger partial charge in [-0.25, -0.2) is 4.39 Å². The van der Waals surface area contributed by atoms with Crippen molar-refractivity contribution >= 4 is 28.9 Å². The third-order valence-electron chi connectivity index (χ3n) is 2.82. The number of carbonyl (C=O) groups is 1. The average molecular weight is 294 g/mol. The summed E-state index contributed by atoms with van der Waals surface area (Å²) in [5.74, 6) is 4.49. The Morgan fingerprint density at radius 2 is 1.95 bits per heavy atom. The summed E-state index contributed by atoms with van der Waals surface area (Å²) in [6.07, 6.45) is 0. The van der Waals surface area contributed by atoms with E-state index in [4.69, 9.17) is 17.4 Å². The molecule has 104 valence electrons. The first-order valence-electron chi connectivity index (χ1n) is 5.85. The predicted molar refractivity (Wildman–Crippen MR) is 78.4 cm³/mol. The Bertz CT molecular complexity index is 661. The molecule has 0 aliphatic carbocycles. The highest BCUT2D eigenvalue weighted by atomic mass is 35.5. The van der Waals surface area contributed by atoms with Crippen molar-refractivity contribution in [3.05, 3.63) is 58.4 Å². The maximum absolute atomic E-state index is 13.1. The number of aryl methyl sites for hydroxylation is 1. The van der Waals surface area contributed by atoms with Gasteiger partial charge in [-0.15, -0.1) is 0 Å². The van der Waals surface area contributed by atoms with Gasteiger partial charge in [0.05, 0.1) is 16.4 Å². The van der Waals surface area contributed by atoms with Gasteiger partial charge >= 0.3 is 0 Å². The van der Waals surface area contributed by atoms with Crippen molar-refractivity contribution in [1.29, 1.82) is 0 Å². The molecule has 0 saturated carbocycles. The fourth-order valence-electron chi connectivity index (χ4n) is 1.75. The zero-order chi connectivity index (χ0) is 14.7. The van der Waals surface area contributed by atoms with Crippen LogP contribution >= 0.6 is 11.6 Å². The molecule has 0 bridgehead atoms. The molecule has 0 unspecified atom stereocenters. The number of rotatable bonds is 3. The summed E-state index contributed by atoms with van der Waals surface area (Å²) in [6.45, 7) is 1.82. The highest BCUT2D eigenvalue weighted by Crippen LogP contribution is 2.23. The van der Waals surface area contributed by atoms with E-state index in [9.17, 15) is 9.18 Å². The fraction of sp³-hybridized carbons (Fsp3) is 0.0714. The molecule has 0 aromatic heterocycles. The molecule has 2 rings (SSSR count). The Kier molecular flexibility index (Phi) is 4.22. The predicted octanol–water partition coefficient (Wildman–Crippen LogP) is 3.33. The summed E-state index contributed by atoms with van der Waals surface area (Å²) >= 11 is 5.90. The number of hydrazine groups is 1. The number of nitrogens with two attached hydrogens (primary N) is 1. The molecule has 0 aliphatic heterocycles. The Balaban J connectivity index is 2.24. The molecule has 20 heavy (non-hydrogen) atoms. The lowest BCUT2D eigenvalue weighted by molar-refractivity contribution is 0.102. The van der Waals surface area contributed by atoms with E-state index in [0.717, 1.165) is 11.3 Å². The van der Waals surface area contributed by atoms with Crippen LogP contribution in [-0.4, -0.2) is 5.91 Å². The lowest BCUT2D eigenvalue weighted by atomic mass is 10.1. The summed E-state index contributed by atoms with van der Waals surface area (Å²) in [7, 11) is 0. The van der Waals surface area contributed by atoms with Crippen LogP contribution in [0.4, 0.5) is 15.8 Å². The maximum atomic E-state index is 13.1. The van der Waals surface area contributed by atoms with Gasteiger partial charge in [0.2, 0.25) is 0 Å². The van der Waals surface area contributed by atoms with Gasteiger partial charge in [-0.1, -0.05) is 11.6 Å². The summed E-state index contributed by atoms with van der Waals surface area (Å²) in [4.78, 5) is 12.1. The van der Waals surface area contributed by atoms with Crippen molar-refractivity contribution in [2.75, 3.05) is 10.7 Å². The number of benzene rings is 2. The first-order valence-corrected chi connectivity index (χ1v) is 6.22. The second-order valence-electron chi connectivity index (χ2n) is 4.25. The number of halogens is 2. The Labute approximate surface area is 120 Å². The van der Waals surface area contributed by atoms with Gasteiger partial charge in [0, 0.05) is 5.56 Å². The first kappa shape index (κ1) is 14.3. The molecule has 6 heteroatoms. The Morgan fingerprint density at radius 3 is 2.60 bits per heavy atom. The fourth-order valence-corrected chi connectivity index (χ4v) is 1.92. The molecule has 2 aromatic carbocycles. The molecule has 0 aliphatic rings. The van der Waals surface area contributed by atoms with Crippen LogP contribution in [0.3, 0.4) is 0 Å². The van der Waals surface area contributed by atoms with Crippen LogP contribution in [0.2, 0.25) is 5.02 Å². The molecule has 0 heterocycles. The molecule has 0 fully saturated rings. The maximum Gasteiger partial charge on any atom is 0.255 e. The van der Waals surface area contributed by atoms with Crippen molar-refractivity contribution in [1.82, 2.24) is 0 Å². The number of hydrogen-bond donors (Lipinski definition) is 3. The van der Waals surface area contributed by atoms with Crippen LogP contribution in [-0.2, 0) is 0 Å².